The SMILES string of the molecule is CC1(C)c2cc3c4cc5c(cc4n(-c4ccccc4)c3cc2-c2c1cc(-c1ccccc1)c1ccccc21)c1cc2c(cc1n5-c1ccccc1)-c1c(cc(-c3ccccc3)c3ccccc13)C2(C)C. The van der Waals surface area contributed by atoms with Gasteiger partial charge < -0.3 is 9.13 Å². The van der Waals surface area contributed by atoms with Gasteiger partial charge in [-0.1, -0.05) is 173 Å². The maximum Gasteiger partial charge on any atom is 0.0548 e. The summed E-state index contributed by atoms with van der Waals surface area (Å²) in [6.07, 6.45) is 0. The summed E-state index contributed by atoms with van der Waals surface area (Å²) in [5.41, 5.74) is 22.7. The Morgan fingerprint density at radius 2 is 0.571 bits per heavy atom. The minimum Gasteiger partial charge on any atom is -0.309 e. The fourth-order valence-corrected chi connectivity index (χ4v) is 13.1. The Kier molecular flexibility index (Phi) is 7.94. The van der Waals surface area contributed by atoms with E-state index < -0.39 is 0 Å². The maximum atomic E-state index is 2.55. The van der Waals surface area contributed by atoms with E-state index in [4.69, 9.17) is 0 Å². The van der Waals surface area contributed by atoms with E-state index in [0.717, 1.165) is 11.4 Å². The van der Waals surface area contributed by atoms with E-state index in [2.05, 4.69) is 255 Å². The number of fused-ring (bicyclic) bond motifs is 16. The normalized spacial score (nSPS) is 14.2. The Hall–Kier alpha value is -8.46. The second-order valence-electron chi connectivity index (χ2n) is 20.8. The predicted molar refractivity (Wildman–Crippen MR) is 296 cm³/mol. The molecular formula is C68H48N2. The van der Waals surface area contributed by atoms with Gasteiger partial charge in [0.25, 0.3) is 0 Å². The van der Waals surface area contributed by atoms with Gasteiger partial charge in [0.05, 0.1) is 22.1 Å². The largest absolute Gasteiger partial charge is 0.309 e. The monoisotopic (exact) mass is 892 g/mol. The Labute approximate surface area is 407 Å². The van der Waals surface area contributed by atoms with Crippen molar-refractivity contribution in [3.63, 3.8) is 0 Å². The molecule has 2 aliphatic carbocycles. The summed E-state index contributed by atoms with van der Waals surface area (Å²) in [7, 11) is 0. The van der Waals surface area contributed by atoms with E-state index >= 15 is 0 Å². The van der Waals surface area contributed by atoms with Crippen molar-refractivity contribution in [2.45, 2.75) is 38.5 Å². The van der Waals surface area contributed by atoms with Gasteiger partial charge in [0.1, 0.15) is 0 Å². The highest BCUT2D eigenvalue weighted by atomic mass is 15.0. The number of hydrogen-bond acceptors (Lipinski definition) is 0. The Bertz CT molecular complexity index is 4080. The summed E-state index contributed by atoms with van der Waals surface area (Å²) in [5, 5.41) is 10.3. The van der Waals surface area contributed by atoms with Crippen molar-refractivity contribution < 1.29 is 0 Å². The molecule has 0 radical (unpaired) electrons. The first-order valence-corrected chi connectivity index (χ1v) is 24.8. The summed E-state index contributed by atoms with van der Waals surface area (Å²) >= 11 is 0. The Morgan fingerprint density at radius 1 is 0.257 bits per heavy atom. The van der Waals surface area contributed by atoms with E-state index in [1.807, 2.05) is 0 Å². The first-order valence-electron chi connectivity index (χ1n) is 24.8. The molecule has 0 saturated carbocycles. The minimum absolute atomic E-state index is 0.230. The van der Waals surface area contributed by atoms with Crippen LogP contribution in [0.1, 0.15) is 49.9 Å². The molecule has 0 amide bonds. The van der Waals surface area contributed by atoms with Crippen LogP contribution < -0.4 is 0 Å². The van der Waals surface area contributed by atoms with Crippen LogP contribution in [0.5, 0.6) is 0 Å². The van der Waals surface area contributed by atoms with E-state index in [1.165, 1.54) is 132 Å². The molecule has 11 aromatic carbocycles. The number of rotatable bonds is 4. The van der Waals surface area contributed by atoms with Crippen molar-refractivity contribution in [1.29, 1.82) is 0 Å². The molecule has 0 saturated heterocycles. The Morgan fingerprint density at radius 3 is 0.957 bits per heavy atom. The number of nitrogens with zero attached hydrogens (tertiary/aromatic N) is 2. The number of hydrogen-bond donors (Lipinski definition) is 0. The van der Waals surface area contributed by atoms with Crippen LogP contribution in [-0.2, 0) is 10.8 Å². The number of aromatic nitrogens is 2. The van der Waals surface area contributed by atoms with Gasteiger partial charge in [-0.15, -0.1) is 0 Å². The third-order valence-corrected chi connectivity index (χ3v) is 16.4. The van der Waals surface area contributed by atoms with Crippen molar-refractivity contribution >= 4 is 65.2 Å². The molecule has 0 aliphatic heterocycles. The van der Waals surface area contributed by atoms with Crippen molar-refractivity contribution in [1.82, 2.24) is 9.13 Å². The fourth-order valence-electron chi connectivity index (χ4n) is 13.1. The third kappa shape index (κ3) is 5.23. The second-order valence-corrected chi connectivity index (χ2v) is 20.8. The van der Waals surface area contributed by atoms with Crippen LogP contribution in [0, 0.1) is 0 Å². The van der Waals surface area contributed by atoms with Gasteiger partial charge in [-0.25, -0.2) is 0 Å². The lowest BCUT2D eigenvalue weighted by Gasteiger charge is -2.23. The molecule has 2 heteroatoms. The van der Waals surface area contributed by atoms with E-state index in [0.29, 0.717) is 0 Å². The minimum atomic E-state index is -0.230. The zero-order chi connectivity index (χ0) is 46.6. The third-order valence-electron chi connectivity index (χ3n) is 16.4. The lowest BCUT2D eigenvalue weighted by atomic mass is 9.80. The molecule has 330 valence electrons. The summed E-state index contributed by atoms with van der Waals surface area (Å²) in [5.74, 6) is 0. The van der Waals surface area contributed by atoms with Crippen LogP contribution in [0.2, 0.25) is 0 Å². The quantitative estimate of drug-likeness (QED) is 0.167. The van der Waals surface area contributed by atoms with Gasteiger partial charge >= 0.3 is 0 Å². The molecule has 0 bridgehead atoms. The molecule has 0 fully saturated rings. The molecule has 0 N–H and O–H groups in total. The zero-order valence-corrected chi connectivity index (χ0v) is 39.7. The fraction of sp³-hybridized carbons (Fsp3) is 0.0882. The van der Waals surface area contributed by atoms with Gasteiger partial charge in [-0.3, -0.25) is 0 Å². The van der Waals surface area contributed by atoms with Crippen molar-refractivity contribution in [3.8, 4) is 55.9 Å². The van der Waals surface area contributed by atoms with Crippen LogP contribution in [0.4, 0.5) is 0 Å². The smallest absolute Gasteiger partial charge is 0.0548 e. The van der Waals surface area contributed by atoms with Crippen molar-refractivity contribution in [2.75, 3.05) is 0 Å². The van der Waals surface area contributed by atoms with Gasteiger partial charge in [-0.2, -0.15) is 0 Å². The summed E-state index contributed by atoms with van der Waals surface area (Å²) in [4.78, 5) is 0. The van der Waals surface area contributed by atoms with Crippen LogP contribution >= 0.6 is 0 Å². The molecule has 2 aromatic heterocycles. The molecule has 0 atom stereocenters. The molecule has 15 rings (SSSR count). The molecule has 2 heterocycles. The highest BCUT2D eigenvalue weighted by molar-refractivity contribution is 6.22. The topological polar surface area (TPSA) is 9.86 Å². The number of para-hydroxylation sites is 2. The standard InChI is InChI=1S/C68H48N2/c1-67(2)57-35-51-53-37-62-54(38-61(53)69(43-25-13-7-14-26-43)63(51)39-55(57)65-47-31-19-17-29-45(47)49(33-59(65)67)41-21-9-5-10-22-41)52-36-58-56(40-64(52)70(62)44-27-15-8-16-28-44)66-48-32-20-18-30-46(48)50(34-60(66)68(58,3)4)42-23-11-6-12-24-42/h5-40H,1-4H3. The maximum absolute atomic E-state index is 2.55. The summed E-state index contributed by atoms with van der Waals surface area (Å²) < 4.78 is 5.07. The van der Waals surface area contributed by atoms with E-state index in [9.17, 15) is 0 Å². The average molecular weight is 893 g/mol. The molecule has 2 nitrogen and oxygen atoms in total. The molecule has 0 unspecified atom stereocenters. The van der Waals surface area contributed by atoms with Crippen molar-refractivity contribution in [2.24, 2.45) is 0 Å². The average Bonchev–Trinajstić information content (AvgIpc) is 4.04. The molecule has 0 spiro atoms. The van der Waals surface area contributed by atoms with Crippen molar-refractivity contribution in [3.05, 3.63) is 241 Å². The van der Waals surface area contributed by atoms with E-state index in [-0.39, 0.29) is 10.8 Å². The molecule has 70 heavy (non-hydrogen) atoms. The van der Waals surface area contributed by atoms with Crippen LogP contribution in [-0.4, -0.2) is 9.13 Å². The Balaban J connectivity index is 1.04. The highest BCUT2D eigenvalue weighted by Gasteiger charge is 2.40. The molecule has 13 aromatic rings. The molecule has 2 aliphatic rings. The number of benzene rings is 11. The van der Waals surface area contributed by atoms with Crippen LogP contribution in [0.3, 0.4) is 0 Å². The van der Waals surface area contributed by atoms with E-state index in [1.54, 1.807) is 0 Å². The van der Waals surface area contributed by atoms with Crippen LogP contribution in [0.15, 0.2) is 218 Å². The van der Waals surface area contributed by atoms with Gasteiger partial charge in [0.15, 0.2) is 0 Å². The lowest BCUT2D eigenvalue weighted by Crippen LogP contribution is -2.15. The highest BCUT2D eigenvalue weighted by Crippen LogP contribution is 2.57. The van der Waals surface area contributed by atoms with Gasteiger partial charge in [0, 0.05) is 43.7 Å². The predicted octanol–water partition coefficient (Wildman–Crippen LogP) is 18.1. The second kappa shape index (κ2) is 14.1. The van der Waals surface area contributed by atoms with Crippen LogP contribution in [0.25, 0.3) is 121 Å². The zero-order valence-electron chi connectivity index (χ0n) is 39.7. The summed E-state index contributed by atoms with van der Waals surface area (Å²) in [6, 6.07) is 82.1. The summed E-state index contributed by atoms with van der Waals surface area (Å²) in [6.45, 7) is 9.72. The first kappa shape index (κ1) is 39.5. The molecular weight excluding hydrogens is 845 g/mol. The first-order chi connectivity index (χ1) is 34.3. The van der Waals surface area contributed by atoms with Gasteiger partial charge in [-0.05, 0) is 161 Å². The van der Waals surface area contributed by atoms with Gasteiger partial charge in [0.2, 0.25) is 0 Å². The lowest BCUT2D eigenvalue weighted by molar-refractivity contribution is 0.662.